The van der Waals surface area contributed by atoms with Gasteiger partial charge in [0.15, 0.2) is 0 Å². The first kappa shape index (κ1) is 20.4. The van der Waals surface area contributed by atoms with E-state index in [0.29, 0.717) is 0 Å². The zero-order valence-electron chi connectivity index (χ0n) is 13.8. The van der Waals surface area contributed by atoms with Gasteiger partial charge in [0.05, 0.1) is 44.9 Å². The lowest BCUT2D eigenvalue weighted by Gasteiger charge is -1.98. The van der Waals surface area contributed by atoms with E-state index in [2.05, 4.69) is 0 Å². The molecule has 2 unspecified atom stereocenters. The van der Waals surface area contributed by atoms with Crippen LogP contribution < -0.4 is 0 Å². The highest BCUT2D eigenvalue weighted by Gasteiger charge is 2.05. The van der Waals surface area contributed by atoms with Gasteiger partial charge in [-0.05, 0) is 36.4 Å². The fourth-order valence-electron chi connectivity index (χ4n) is 1.96. The van der Waals surface area contributed by atoms with Crippen LogP contribution in [0.4, 0.5) is 8.78 Å². The lowest BCUT2D eigenvalue weighted by molar-refractivity contribution is 0.624. The number of nitriles is 2. The van der Waals surface area contributed by atoms with Crippen LogP contribution in [0.3, 0.4) is 0 Å². The van der Waals surface area contributed by atoms with Crippen molar-refractivity contribution in [1.82, 2.24) is 0 Å². The number of halogens is 2. The van der Waals surface area contributed by atoms with Crippen molar-refractivity contribution in [3.8, 4) is 12.1 Å². The van der Waals surface area contributed by atoms with Gasteiger partial charge in [-0.1, -0.05) is 12.1 Å². The maximum absolute atomic E-state index is 13.7. The van der Waals surface area contributed by atoms with E-state index < -0.39 is 33.2 Å². The molecule has 2 atom stereocenters. The zero-order chi connectivity index (χ0) is 19.8. The van der Waals surface area contributed by atoms with E-state index in [1.54, 1.807) is 0 Å². The molecule has 4 nitrogen and oxygen atoms in total. The molecule has 0 aromatic heterocycles. The van der Waals surface area contributed by atoms with Crippen LogP contribution in [0.5, 0.6) is 0 Å². The summed E-state index contributed by atoms with van der Waals surface area (Å²) in [4.78, 5) is 0. The van der Waals surface area contributed by atoms with E-state index in [0.717, 1.165) is 12.1 Å². The van der Waals surface area contributed by atoms with Crippen LogP contribution in [0.25, 0.3) is 12.2 Å². The molecule has 0 aliphatic carbocycles. The maximum atomic E-state index is 13.7. The van der Waals surface area contributed by atoms with Crippen LogP contribution in [0, 0.1) is 34.3 Å². The molecule has 2 aromatic rings. The summed E-state index contributed by atoms with van der Waals surface area (Å²) in [5.41, 5.74) is 0.658. The fraction of sp³-hybridized carbons (Fsp3) is 0.0526. The number of benzene rings is 2. The summed E-state index contributed by atoms with van der Waals surface area (Å²) in [6, 6.07) is 11.4. The second kappa shape index (κ2) is 9.67. The summed E-state index contributed by atoms with van der Waals surface area (Å²) in [5.74, 6) is -1.25. The van der Waals surface area contributed by atoms with E-state index in [4.69, 9.17) is 10.5 Å². The van der Waals surface area contributed by atoms with Crippen molar-refractivity contribution in [2.24, 2.45) is 0 Å². The van der Waals surface area contributed by atoms with Gasteiger partial charge in [0.1, 0.15) is 16.7 Å². The predicted molar refractivity (Wildman–Crippen MR) is 101 cm³/mol. The van der Waals surface area contributed by atoms with Crippen LogP contribution in [-0.2, 0) is 21.6 Å². The Bertz CT molecular complexity index is 967. The van der Waals surface area contributed by atoms with Gasteiger partial charge in [-0.3, -0.25) is 8.42 Å². The quantitative estimate of drug-likeness (QED) is 0.736. The first-order valence-electron chi connectivity index (χ1n) is 7.43. The van der Waals surface area contributed by atoms with Crippen molar-refractivity contribution in [3.63, 3.8) is 0 Å². The van der Waals surface area contributed by atoms with Crippen LogP contribution >= 0.6 is 0 Å². The Morgan fingerprint density at radius 1 is 0.815 bits per heavy atom. The average Bonchev–Trinajstić information content (AvgIpc) is 2.65. The molecule has 0 aliphatic heterocycles. The van der Waals surface area contributed by atoms with Crippen molar-refractivity contribution < 1.29 is 17.2 Å². The molecule has 0 aliphatic rings. The lowest BCUT2D eigenvalue weighted by atomic mass is 10.1. The molecule has 8 heteroatoms. The highest BCUT2D eigenvalue weighted by molar-refractivity contribution is 8.04. The van der Waals surface area contributed by atoms with Gasteiger partial charge < -0.3 is 0 Å². The average molecular weight is 402 g/mol. The highest BCUT2D eigenvalue weighted by atomic mass is 32.2. The van der Waals surface area contributed by atoms with Gasteiger partial charge in [-0.15, -0.1) is 0 Å². The van der Waals surface area contributed by atoms with Crippen molar-refractivity contribution in [2.75, 3.05) is 5.08 Å². The summed E-state index contributed by atoms with van der Waals surface area (Å²) in [7, 11) is -3.27. The zero-order valence-corrected chi connectivity index (χ0v) is 15.4. The Morgan fingerprint density at radius 3 is 1.56 bits per heavy atom. The molecule has 0 amide bonds. The fourth-order valence-corrected chi connectivity index (χ4v) is 4.10. The molecule has 0 N–H and O–H groups in total. The van der Waals surface area contributed by atoms with E-state index in [9.17, 15) is 17.2 Å². The van der Waals surface area contributed by atoms with Crippen molar-refractivity contribution in [1.29, 1.82) is 10.5 Å². The van der Waals surface area contributed by atoms with Gasteiger partial charge in [0, 0.05) is 21.9 Å². The summed E-state index contributed by atoms with van der Waals surface area (Å²) in [6.07, 6.45) is 2.57. The summed E-state index contributed by atoms with van der Waals surface area (Å²) >= 11 is 0. The van der Waals surface area contributed by atoms with Gasteiger partial charge in [-0.2, -0.15) is 10.5 Å². The SMILES string of the molecule is N#Cc1ccc(C=CS(=O)CS(=O)/C=C\c2ccc(C#N)cc2F)c(F)c1. The Balaban J connectivity index is 1.98. The Morgan fingerprint density at radius 2 is 1.22 bits per heavy atom. The molecule has 2 rings (SSSR count). The van der Waals surface area contributed by atoms with Crippen molar-refractivity contribution in [3.05, 3.63) is 81.1 Å². The molecule has 0 saturated carbocycles. The molecule has 2 aromatic carbocycles. The lowest BCUT2D eigenvalue weighted by Crippen LogP contribution is -1.99. The van der Waals surface area contributed by atoms with E-state index >= 15 is 0 Å². The molecule has 0 heterocycles. The first-order valence-corrected chi connectivity index (χ1v) is 10.2. The second-order valence-corrected chi connectivity index (χ2v) is 8.19. The Labute approximate surface area is 160 Å². The highest BCUT2D eigenvalue weighted by Crippen LogP contribution is 2.13. The minimum atomic E-state index is -1.63. The van der Waals surface area contributed by atoms with Gasteiger partial charge in [-0.25, -0.2) is 8.78 Å². The summed E-state index contributed by atoms with van der Waals surface area (Å²) in [6.45, 7) is 0. The third kappa shape index (κ3) is 6.07. The van der Waals surface area contributed by atoms with Crippen molar-refractivity contribution in [2.45, 2.75) is 0 Å². The maximum Gasteiger partial charge on any atom is 0.131 e. The third-order valence-corrected chi connectivity index (χ3v) is 6.03. The molecule has 0 saturated heterocycles. The minimum absolute atomic E-state index is 0.156. The number of nitrogens with zero attached hydrogens (tertiary/aromatic N) is 2. The van der Waals surface area contributed by atoms with Gasteiger partial charge >= 0.3 is 0 Å². The monoisotopic (exact) mass is 402 g/mol. The van der Waals surface area contributed by atoms with E-state index in [1.165, 1.54) is 47.2 Å². The van der Waals surface area contributed by atoms with Gasteiger partial charge in [0.2, 0.25) is 0 Å². The number of hydrogen-bond acceptors (Lipinski definition) is 4. The van der Waals surface area contributed by atoms with Gasteiger partial charge in [0.25, 0.3) is 0 Å². The molecule has 0 fully saturated rings. The molecular formula is C19H12F2N2O2S2. The van der Waals surface area contributed by atoms with E-state index in [-0.39, 0.29) is 27.3 Å². The largest absolute Gasteiger partial charge is 0.254 e. The topological polar surface area (TPSA) is 81.7 Å². The normalized spacial score (nSPS) is 13.3. The molecule has 0 radical (unpaired) electrons. The van der Waals surface area contributed by atoms with Crippen LogP contribution in [-0.4, -0.2) is 13.5 Å². The summed E-state index contributed by atoms with van der Waals surface area (Å²) in [5, 5.41) is 19.6. The Hall–Kier alpha value is -2.94. The molecule has 0 bridgehead atoms. The molecular weight excluding hydrogens is 390 g/mol. The number of rotatable bonds is 6. The predicted octanol–water partition coefficient (Wildman–Crippen LogP) is 3.80. The Kier molecular flexibility index (Phi) is 7.30. The standard InChI is InChI=1S/C19H12F2N2O2S2/c20-18-9-14(11-22)1-3-16(18)5-7-26(24)13-27(25)8-6-17-4-2-15(12-23)10-19(17)21/h1-10H,13H2/b7-5-,8-6?. The molecule has 0 spiro atoms. The molecule has 27 heavy (non-hydrogen) atoms. The summed E-state index contributed by atoms with van der Waals surface area (Å²) < 4.78 is 51.3. The second-order valence-electron chi connectivity index (χ2n) is 5.18. The molecule has 136 valence electrons. The van der Waals surface area contributed by atoms with Crippen LogP contribution in [0.1, 0.15) is 22.3 Å². The van der Waals surface area contributed by atoms with Crippen LogP contribution in [0.2, 0.25) is 0 Å². The third-order valence-electron chi connectivity index (χ3n) is 3.29. The minimum Gasteiger partial charge on any atom is -0.254 e. The number of hydrogen-bond donors (Lipinski definition) is 0. The van der Waals surface area contributed by atoms with Crippen molar-refractivity contribution >= 4 is 33.8 Å². The first-order chi connectivity index (χ1) is 12.9. The van der Waals surface area contributed by atoms with E-state index in [1.807, 2.05) is 12.1 Å². The van der Waals surface area contributed by atoms with Crippen LogP contribution in [0.15, 0.2) is 47.2 Å². The smallest absolute Gasteiger partial charge is 0.131 e.